The SMILES string of the molecule is CCC/C=C\C/C=C\CCCCCCCC(=O)OC(COC(=O)CCCCCCCCCCCCC)COP(=O)(O)OCC(CO)OC(=O)CCCCCCCCCCCCC. The van der Waals surface area contributed by atoms with E-state index in [0.717, 1.165) is 83.5 Å². The number of esters is 3. The lowest BCUT2D eigenvalue weighted by Gasteiger charge is -2.21. The third kappa shape index (κ3) is 43.2. The van der Waals surface area contributed by atoms with Crippen LogP contribution in [0.15, 0.2) is 24.3 Å². The highest BCUT2D eigenvalue weighted by Gasteiger charge is 2.28. The van der Waals surface area contributed by atoms with Crippen molar-refractivity contribution in [3.63, 3.8) is 0 Å². The lowest BCUT2D eigenvalue weighted by molar-refractivity contribution is -0.161. The molecule has 0 spiro atoms. The standard InChI is InChI=1S/C50H93O11P/c1-4-7-10-13-16-19-22-23-26-29-32-35-38-41-50(54)61-47(43-57-48(52)39-36-33-30-27-24-20-17-14-11-8-5-2)45-59-62(55,56)58-44-46(42-51)60-49(53)40-37-34-31-28-25-21-18-15-12-9-6-3/h10,13,19,22,46-47,51H,4-9,11-12,14-18,20-21,23-45H2,1-3H3,(H,55,56)/b13-10-,22-19-. The second-order valence-electron chi connectivity index (χ2n) is 17.0. The zero-order valence-electron chi connectivity index (χ0n) is 39.9. The number of phosphoric ester groups is 1. The minimum atomic E-state index is -4.73. The van der Waals surface area contributed by atoms with Crippen molar-refractivity contribution >= 4 is 25.7 Å². The van der Waals surface area contributed by atoms with Gasteiger partial charge in [0.25, 0.3) is 0 Å². The van der Waals surface area contributed by atoms with E-state index < -0.39 is 57.8 Å². The Bertz CT molecular complexity index is 1140. The average molecular weight is 901 g/mol. The number of rotatable bonds is 47. The number of aliphatic hydroxyl groups excluding tert-OH is 1. The molecule has 0 aromatic rings. The highest BCUT2D eigenvalue weighted by molar-refractivity contribution is 7.47. The van der Waals surface area contributed by atoms with Gasteiger partial charge in [-0.2, -0.15) is 0 Å². The molecule has 0 rings (SSSR count). The maximum Gasteiger partial charge on any atom is 0.472 e. The molecule has 62 heavy (non-hydrogen) atoms. The first kappa shape index (κ1) is 60.0. The van der Waals surface area contributed by atoms with Crippen molar-refractivity contribution < 1.29 is 52.2 Å². The number of aliphatic hydroxyl groups is 1. The van der Waals surface area contributed by atoms with E-state index in [4.69, 9.17) is 23.3 Å². The van der Waals surface area contributed by atoms with Gasteiger partial charge in [0.05, 0.1) is 19.8 Å². The Labute approximate surface area is 378 Å². The minimum absolute atomic E-state index is 0.156. The van der Waals surface area contributed by atoms with Gasteiger partial charge in [-0.25, -0.2) is 4.57 Å². The first-order chi connectivity index (χ1) is 30.2. The van der Waals surface area contributed by atoms with Gasteiger partial charge < -0.3 is 24.2 Å². The topological polar surface area (TPSA) is 155 Å². The van der Waals surface area contributed by atoms with E-state index >= 15 is 0 Å². The summed E-state index contributed by atoms with van der Waals surface area (Å²) in [5.74, 6) is -1.47. The van der Waals surface area contributed by atoms with Gasteiger partial charge in [0.2, 0.25) is 0 Å². The minimum Gasteiger partial charge on any atom is -0.462 e. The third-order valence-electron chi connectivity index (χ3n) is 10.9. The molecule has 3 unspecified atom stereocenters. The smallest absolute Gasteiger partial charge is 0.462 e. The molecule has 2 N–H and O–H groups in total. The molecule has 0 radical (unpaired) electrons. The number of ether oxygens (including phenoxy) is 3. The monoisotopic (exact) mass is 901 g/mol. The fourth-order valence-electron chi connectivity index (χ4n) is 6.98. The summed E-state index contributed by atoms with van der Waals surface area (Å²) >= 11 is 0. The molecule has 0 aromatic heterocycles. The number of carbonyl (C=O) groups is 3. The van der Waals surface area contributed by atoms with Gasteiger partial charge in [-0.3, -0.25) is 23.4 Å². The molecule has 0 aliphatic heterocycles. The van der Waals surface area contributed by atoms with Crippen molar-refractivity contribution in [2.45, 2.75) is 251 Å². The van der Waals surface area contributed by atoms with Crippen molar-refractivity contribution in [1.29, 1.82) is 0 Å². The Morgan fingerprint density at radius 1 is 0.452 bits per heavy atom. The van der Waals surface area contributed by atoms with Crippen LogP contribution in [0.2, 0.25) is 0 Å². The molecule has 0 saturated heterocycles. The molecule has 0 aliphatic carbocycles. The molecule has 0 aliphatic rings. The summed E-state index contributed by atoms with van der Waals surface area (Å²) in [6.45, 7) is 4.55. The van der Waals surface area contributed by atoms with Crippen LogP contribution in [0, 0.1) is 0 Å². The highest BCUT2D eigenvalue weighted by atomic mass is 31.2. The van der Waals surface area contributed by atoms with E-state index in [1.165, 1.54) is 96.3 Å². The molecule has 0 aromatic carbocycles. The Balaban J connectivity index is 4.74. The van der Waals surface area contributed by atoms with Crippen molar-refractivity contribution in [3.05, 3.63) is 24.3 Å². The molecule has 0 heterocycles. The van der Waals surface area contributed by atoms with Gasteiger partial charge in [0.1, 0.15) is 12.7 Å². The molecular weight excluding hydrogens is 808 g/mol. The average Bonchev–Trinajstić information content (AvgIpc) is 3.25. The van der Waals surface area contributed by atoms with E-state index in [0.29, 0.717) is 19.3 Å². The number of allylic oxidation sites excluding steroid dienone is 4. The fourth-order valence-corrected chi connectivity index (χ4v) is 7.77. The van der Waals surface area contributed by atoms with Gasteiger partial charge >= 0.3 is 25.7 Å². The molecule has 0 fully saturated rings. The maximum absolute atomic E-state index is 12.8. The van der Waals surface area contributed by atoms with Gasteiger partial charge in [-0.05, 0) is 44.9 Å². The van der Waals surface area contributed by atoms with Crippen LogP contribution in [-0.4, -0.2) is 66.5 Å². The van der Waals surface area contributed by atoms with Crippen molar-refractivity contribution in [1.82, 2.24) is 0 Å². The predicted molar refractivity (Wildman–Crippen MR) is 252 cm³/mol. The molecule has 364 valence electrons. The van der Waals surface area contributed by atoms with Crippen LogP contribution >= 0.6 is 7.82 Å². The van der Waals surface area contributed by atoms with Crippen molar-refractivity contribution in [3.8, 4) is 0 Å². The quantitative estimate of drug-likeness (QED) is 0.0197. The van der Waals surface area contributed by atoms with E-state index in [9.17, 15) is 28.9 Å². The molecular formula is C50H93O11P. The number of phosphoric acid groups is 1. The zero-order valence-corrected chi connectivity index (χ0v) is 40.7. The summed E-state index contributed by atoms with van der Waals surface area (Å²) in [5, 5.41) is 9.74. The van der Waals surface area contributed by atoms with Crippen LogP contribution in [-0.2, 0) is 42.2 Å². The lowest BCUT2D eigenvalue weighted by Crippen LogP contribution is -2.30. The van der Waals surface area contributed by atoms with Crippen LogP contribution in [0.4, 0.5) is 0 Å². The van der Waals surface area contributed by atoms with Crippen molar-refractivity contribution in [2.75, 3.05) is 26.4 Å². The molecule has 0 bridgehead atoms. The third-order valence-corrected chi connectivity index (χ3v) is 11.8. The maximum atomic E-state index is 12.8. The Morgan fingerprint density at radius 2 is 0.823 bits per heavy atom. The summed E-state index contributed by atoms with van der Waals surface area (Å²) in [6.07, 6.45) is 41.5. The second kappa shape index (κ2) is 45.5. The van der Waals surface area contributed by atoms with Crippen LogP contribution in [0.25, 0.3) is 0 Å². The zero-order chi connectivity index (χ0) is 45.6. The van der Waals surface area contributed by atoms with Crippen LogP contribution in [0.1, 0.15) is 239 Å². The van der Waals surface area contributed by atoms with E-state index in [1.807, 2.05) is 0 Å². The van der Waals surface area contributed by atoms with Crippen LogP contribution in [0.5, 0.6) is 0 Å². The molecule has 3 atom stereocenters. The van der Waals surface area contributed by atoms with Gasteiger partial charge in [-0.15, -0.1) is 0 Å². The first-order valence-corrected chi connectivity index (χ1v) is 26.7. The fraction of sp³-hybridized carbons (Fsp3) is 0.860. The predicted octanol–water partition coefficient (Wildman–Crippen LogP) is 13.9. The number of hydrogen-bond donors (Lipinski definition) is 2. The molecule has 12 heteroatoms. The molecule has 0 saturated carbocycles. The largest absolute Gasteiger partial charge is 0.472 e. The Morgan fingerprint density at radius 3 is 1.26 bits per heavy atom. The van der Waals surface area contributed by atoms with Crippen LogP contribution in [0.3, 0.4) is 0 Å². The van der Waals surface area contributed by atoms with Gasteiger partial charge in [0.15, 0.2) is 6.10 Å². The van der Waals surface area contributed by atoms with Gasteiger partial charge in [-0.1, -0.05) is 199 Å². The summed E-state index contributed by atoms with van der Waals surface area (Å²) in [4.78, 5) is 48.1. The summed E-state index contributed by atoms with van der Waals surface area (Å²) in [5.41, 5.74) is 0. The number of hydrogen-bond acceptors (Lipinski definition) is 10. The highest BCUT2D eigenvalue weighted by Crippen LogP contribution is 2.43. The summed E-state index contributed by atoms with van der Waals surface area (Å²) in [6, 6.07) is 0. The number of unbranched alkanes of at least 4 members (excludes halogenated alkanes) is 26. The molecule has 11 nitrogen and oxygen atoms in total. The van der Waals surface area contributed by atoms with E-state index in [-0.39, 0.29) is 25.9 Å². The summed E-state index contributed by atoms with van der Waals surface area (Å²) < 4.78 is 39.2. The number of carbonyl (C=O) groups excluding carboxylic acids is 3. The Hall–Kier alpha value is -2.04. The Kier molecular flexibility index (Phi) is 44.0. The van der Waals surface area contributed by atoms with E-state index in [2.05, 4.69) is 45.1 Å². The molecule has 0 amide bonds. The first-order valence-electron chi connectivity index (χ1n) is 25.2. The normalized spacial score (nSPS) is 13.7. The lowest BCUT2D eigenvalue weighted by atomic mass is 10.1. The van der Waals surface area contributed by atoms with Gasteiger partial charge in [0, 0.05) is 19.3 Å². The van der Waals surface area contributed by atoms with E-state index in [1.54, 1.807) is 0 Å². The second-order valence-corrected chi connectivity index (χ2v) is 18.4. The van der Waals surface area contributed by atoms with Crippen LogP contribution < -0.4 is 0 Å². The van der Waals surface area contributed by atoms with Crippen molar-refractivity contribution in [2.24, 2.45) is 0 Å². The summed E-state index contributed by atoms with van der Waals surface area (Å²) in [7, 11) is -4.73.